The first-order valence-corrected chi connectivity index (χ1v) is 12.6. The Balaban J connectivity index is 0.000000734. The van der Waals surface area contributed by atoms with Crippen LogP contribution in [0, 0.1) is 0 Å². The molecule has 0 radical (unpaired) electrons. The van der Waals surface area contributed by atoms with Crippen molar-refractivity contribution in [3.63, 3.8) is 0 Å². The smallest absolute Gasteiger partial charge is 0.309 e. The van der Waals surface area contributed by atoms with Crippen molar-refractivity contribution in [2.24, 2.45) is 0 Å². The predicted molar refractivity (Wildman–Crippen MR) is 96.1 cm³/mol. The van der Waals surface area contributed by atoms with Crippen LogP contribution in [0.5, 0.6) is 0 Å². The lowest BCUT2D eigenvalue weighted by Crippen LogP contribution is -2.03. The van der Waals surface area contributed by atoms with Crippen LogP contribution in [0.15, 0.2) is 11.6 Å². The molecule has 0 saturated heterocycles. The van der Waals surface area contributed by atoms with Gasteiger partial charge in [0.25, 0.3) is 0 Å². The Hall–Kier alpha value is 0.660. The van der Waals surface area contributed by atoms with Gasteiger partial charge >= 0.3 is 13.4 Å². The first-order valence-electron chi connectivity index (χ1n) is 6.65. The lowest BCUT2D eigenvalue weighted by Gasteiger charge is -2.27. The summed E-state index contributed by atoms with van der Waals surface area (Å²) >= 11 is 11.8. The summed E-state index contributed by atoms with van der Waals surface area (Å²) in [5.41, 5.74) is 0. The van der Waals surface area contributed by atoms with E-state index in [2.05, 4.69) is 9.59 Å². The highest BCUT2D eigenvalue weighted by Crippen LogP contribution is 2.66. The van der Waals surface area contributed by atoms with E-state index < -0.39 is 13.4 Å². The number of hydrogen-bond acceptors (Lipinski definition) is 10. The van der Waals surface area contributed by atoms with Gasteiger partial charge in [-0.3, -0.25) is 0 Å². The molecule has 0 aromatic carbocycles. The van der Waals surface area contributed by atoms with E-state index in [1.165, 1.54) is 11.5 Å². The Morgan fingerprint density at radius 2 is 1.27 bits per heavy atom. The number of aromatic nitrogens is 2. The van der Waals surface area contributed by atoms with E-state index in [-0.39, 0.29) is 0 Å². The second-order valence-corrected chi connectivity index (χ2v) is 10.0. The fourth-order valence-corrected chi connectivity index (χ4v) is 7.70. The van der Waals surface area contributed by atoms with Crippen LogP contribution in [-0.4, -0.2) is 36.0 Å². The van der Waals surface area contributed by atoms with Crippen LogP contribution in [0.4, 0.5) is 0 Å². The minimum absolute atomic E-state index is 0.394. The van der Waals surface area contributed by atoms with Crippen molar-refractivity contribution in [1.82, 2.24) is 9.59 Å². The molecule has 0 bridgehead atoms. The molecule has 12 heteroatoms. The molecule has 1 aromatic rings. The van der Waals surface area contributed by atoms with Crippen LogP contribution in [0.1, 0.15) is 27.7 Å². The molecule has 0 N–H and O–H groups in total. The molecular formula is C10H22N2O5P2S3. The predicted octanol–water partition coefficient (Wildman–Crippen LogP) is 4.14. The van der Waals surface area contributed by atoms with E-state index in [1.54, 1.807) is 6.20 Å². The van der Waals surface area contributed by atoms with Crippen LogP contribution in [0.25, 0.3) is 0 Å². The summed E-state index contributed by atoms with van der Waals surface area (Å²) in [5.74, 6) is 0. The number of rotatable bonds is 10. The van der Waals surface area contributed by atoms with Crippen LogP contribution in [-0.2, 0) is 46.0 Å². The molecule has 0 aliphatic carbocycles. The van der Waals surface area contributed by atoms with Gasteiger partial charge in [0.2, 0.25) is 0 Å². The molecule has 130 valence electrons. The summed E-state index contributed by atoms with van der Waals surface area (Å²) in [6.07, 6.45) is 1.66. The largest absolute Gasteiger partial charge is 0.334 e. The summed E-state index contributed by atoms with van der Waals surface area (Å²) in [5, 5.41) is 5.31. The molecule has 1 aromatic heterocycles. The lowest BCUT2D eigenvalue weighted by atomic mass is 10.9. The molecule has 1 rings (SSSR count). The summed E-state index contributed by atoms with van der Waals surface area (Å²) in [6.45, 7) is 3.09. The van der Waals surface area contributed by atoms with Crippen molar-refractivity contribution in [3.05, 3.63) is 11.6 Å². The average molecular weight is 408 g/mol. The second kappa shape index (κ2) is 13.0. The van der Waals surface area contributed by atoms with E-state index >= 15 is 0 Å². The third kappa shape index (κ3) is 10.4. The standard InChI is InChI=1S/C8H20O5P2S2.C2H2N2S/c1-5-9-14(16,10-6-2)13-15(17,11-7-3)12-8-4;1-2-5-4-3-1/h5-8H2,1-4H3;1-2H. The molecule has 7 nitrogen and oxygen atoms in total. The van der Waals surface area contributed by atoms with Gasteiger partial charge in [-0.25, -0.2) is 4.31 Å². The fourth-order valence-electron chi connectivity index (χ4n) is 1.06. The maximum absolute atomic E-state index is 5.55. The van der Waals surface area contributed by atoms with Gasteiger partial charge in [0.15, 0.2) is 0 Å². The van der Waals surface area contributed by atoms with Crippen molar-refractivity contribution in [3.8, 4) is 0 Å². The van der Waals surface area contributed by atoms with Crippen LogP contribution < -0.4 is 0 Å². The van der Waals surface area contributed by atoms with Crippen molar-refractivity contribution in [2.75, 3.05) is 26.4 Å². The van der Waals surface area contributed by atoms with E-state index in [0.29, 0.717) is 26.4 Å². The van der Waals surface area contributed by atoms with E-state index in [9.17, 15) is 0 Å². The highest BCUT2D eigenvalue weighted by molar-refractivity contribution is 8.14. The van der Waals surface area contributed by atoms with Crippen molar-refractivity contribution < 1.29 is 22.4 Å². The third-order valence-electron chi connectivity index (χ3n) is 1.63. The zero-order chi connectivity index (χ0) is 16.9. The molecule has 0 aliphatic heterocycles. The molecule has 0 fully saturated rings. The Labute approximate surface area is 146 Å². The lowest BCUT2D eigenvalue weighted by molar-refractivity contribution is 0.176. The van der Waals surface area contributed by atoms with Gasteiger partial charge in [-0.15, -0.1) is 5.10 Å². The molecule has 0 spiro atoms. The molecular weight excluding hydrogens is 386 g/mol. The molecule has 0 unspecified atom stereocenters. The molecule has 1 heterocycles. The van der Waals surface area contributed by atoms with E-state index in [0.717, 1.165) is 0 Å². The van der Waals surface area contributed by atoms with E-state index in [4.69, 9.17) is 46.0 Å². The van der Waals surface area contributed by atoms with Crippen LogP contribution >= 0.6 is 25.0 Å². The highest BCUT2D eigenvalue weighted by atomic mass is 32.5. The van der Waals surface area contributed by atoms with Gasteiger partial charge < -0.3 is 18.1 Å². The van der Waals surface area contributed by atoms with Crippen molar-refractivity contribution in [2.45, 2.75) is 27.7 Å². The minimum Gasteiger partial charge on any atom is -0.309 e. The quantitative estimate of drug-likeness (QED) is 0.531. The van der Waals surface area contributed by atoms with E-state index in [1.807, 2.05) is 33.1 Å². The molecule has 0 saturated carbocycles. The van der Waals surface area contributed by atoms with Crippen LogP contribution in [0.2, 0.25) is 0 Å². The maximum Gasteiger partial charge on any atom is 0.334 e. The zero-order valence-electron chi connectivity index (χ0n) is 13.0. The summed E-state index contributed by atoms with van der Waals surface area (Å²) in [4.78, 5) is 0. The van der Waals surface area contributed by atoms with Crippen molar-refractivity contribution in [1.29, 1.82) is 0 Å². The monoisotopic (exact) mass is 408 g/mol. The van der Waals surface area contributed by atoms with Gasteiger partial charge in [-0.1, -0.05) is 4.49 Å². The maximum atomic E-state index is 5.55. The molecule has 0 atom stereocenters. The van der Waals surface area contributed by atoms with Crippen molar-refractivity contribution >= 4 is 48.6 Å². The second-order valence-electron chi connectivity index (χ2n) is 3.23. The molecule has 0 aliphatic rings. The van der Waals surface area contributed by atoms with Gasteiger partial charge in [0, 0.05) is 5.38 Å². The molecule has 22 heavy (non-hydrogen) atoms. The van der Waals surface area contributed by atoms with Gasteiger partial charge in [-0.05, 0) is 62.8 Å². The Kier molecular flexibility index (Phi) is 13.4. The summed E-state index contributed by atoms with van der Waals surface area (Å²) in [6, 6.07) is 0. The summed E-state index contributed by atoms with van der Waals surface area (Å²) in [7, 11) is 0. The molecule has 0 amide bonds. The topological polar surface area (TPSA) is 71.9 Å². The first-order chi connectivity index (χ1) is 10.4. The van der Waals surface area contributed by atoms with Gasteiger partial charge in [-0.2, -0.15) is 0 Å². The first kappa shape index (κ1) is 22.7. The SMILES string of the molecule is CCOP(=S)(OCC)OP(=S)(OCC)OCC.c1csnn1. The third-order valence-corrected chi connectivity index (χ3v) is 8.43. The number of hydrogen-bond donors (Lipinski definition) is 0. The highest BCUT2D eigenvalue weighted by Gasteiger charge is 2.31. The number of nitrogens with zero attached hydrogens (tertiary/aromatic N) is 2. The summed E-state index contributed by atoms with van der Waals surface area (Å²) < 4.78 is 30.4. The zero-order valence-corrected chi connectivity index (χ0v) is 17.3. The van der Waals surface area contributed by atoms with Gasteiger partial charge in [0.05, 0.1) is 32.6 Å². The van der Waals surface area contributed by atoms with Crippen LogP contribution in [0.3, 0.4) is 0 Å². The average Bonchev–Trinajstić information content (AvgIpc) is 2.98. The Morgan fingerprint density at radius 3 is 1.45 bits per heavy atom. The minimum atomic E-state index is -2.87. The Bertz CT molecular complexity index is 398. The van der Waals surface area contributed by atoms with Gasteiger partial charge in [0.1, 0.15) is 0 Å². The Morgan fingerprint density at radius 1 is 0.864 bits per heavy atom. The normalized spacial score (nSPS) is 11.8. The fraction of sp³-hybridized carbons (Fsp3) is 0.800.